The summed E-state index contributed by atoms with van der Waals surface area (Å²) in [7, 11) is 0. The Labute approximate surface area is 192 Å². The van der Waals surface area contributed by atoms with Crippen molar-refractivity contribution in [1.82, 2.24) is 24.7 Å². The molecule has 4 aromatic heterocycles. The zero-order chi connectivity index (χ0) is 22.9. The number of pyridine rings is 1. The fraction of sp³-hybridized carbons (Fsp3) is 0.231. The molecule has 0 aliphatic heterocycles. The second-order valence-electron chi connectivity index (χ2n) is 8.27. The number of fused-ring (bicyclic) bond motifs is 1. The van der Waals surface area contributed by atoms with Gasteiger partial charge in [0.2, 0.25) is 0 Å². The van der Waals surface area contributed by atoms with Crippen molar-refractivity contribution in [2.75, 3.05) is 5.32 Å². The van der Waals surface area contributed by atoms with Crippen molar-refractivity contribution in [2.24, 2.45) is 0 Å². The van der Waals surface area contributed by atoms with E-state index in [2.05, 4.69) is 51.3 Å². The largest absolute Gasteiger partial charge is 0.464 e. The monoisotopic (exact) mass is 438 g/mol. The van der Waals surface area contributed by atoms with Crippen LogP contribution in [0.4, 0.5) is 5.82 Å². The molecule has 0 aliphatic carbocycles. The van der Waals surface area contributed by atoms with E-state index in [1.165, 1.54) is 0 Å². The van der Waals surface area contributed by atoms with Gasteiger partial charge in [-0.25, -0.2) is 9.97 Å². The summed E-state index contributed by atoms with van der Waals surface area (Å²) in [5, 5.41) is 8.99. The number of aryl methyl sites for hydroxylation is 3. The highest BCUT2D eigenvalue weighted by Gasteiger charge is 2.12. The average molecular weight is 439 g/mol. The molecule has 166 valence electrons. The summed E-state index contributed by atoms with van der Waals surface area (Å²) < 4.78 is 7.50. The van der Waals surface area contributed by atoms with E-state index in [-0.39, 0.29) is 6.04 Å². The fourth-order valence-corrected chi connectivity index (χ4v) is 3.95. The van der Waals surface area contributed by atoms with Crippen LogP contribution < -0.4 is 5.32 Å². The van der Waals surface area contributed by atoms with Crippen molar-refractivity contribution in [3.63, 3.8) is 0 Å². The molecule has 0 aliphatic rings. The van der Waals surface area contributed by atoms with Gasteiger partial charge in [0.25, 0.3) is 0 Å². The third-order valence-corrected chi connectivity index (χ3v) is 5.82. The van der Waals surface area contributed by atoms with Crippen molar-refractivity contribution >= 4 is 16.8 Å². The Bertz CT molecular complexity index is 1430. The molecular formula is C26H26N6O. The summed E-state index contributed by atoms with van der Waals surface area (Å²) in [4.78, 5) is 13.7. The number of nitrogens with one attached hydrogen (secondary N) is 1. The molecule has 0 bridgehead atoms. The summed E-state index contributed by atoms with van der Waals surface area (Å²) in [6.45, 7) is 8.98. The zero-order valence-electron chi connectivity index (χ0n) is 19.2. The van der Waals surface area contributed by atoms with Crippen LogP contribution in [-0.4, -0.2) is 24.7 Å². The van der Waals surface area contributed by atoms with E-state index in [1.807, 2.05) is 61.5 Å². The zero-order valence-corrected chi connectivity index (χ0v) is 19.2. The van der Waals surface area contributed by atoms with Crippen LogP contribution in [0.3, 0.4) is 0 Å². The topological polar surface area (TPSA) is 81.7 Å². The number of hydrogen-bond acceptors (Lipinski definition) is 6. The van der Waals surface area contributed by atoms with Crippen LogP contribution in [0.5, 0.6) is 0 Å². The smallest absolute Gasteiger partial charge is 0.134 e. The maximum absolute atomic E-state index is 5.58. The van der Waals surface area contributed by atoms with Crippen molar-refractivity contribution in [1.29, 1.82) is 0 Å². The van der Waals surface area contributed by atoms with Crippen LogP contribution in [0.1, 0.15) is 36.8 Å². The molecule has 5 rings (SSSR count). The van der Waals surface area contributed by atoms with Crippen LogP contribution in [0.25, 0.3) is 33.4 Å². The normalized spacial score (nSPS) is 12.2. The van der Waals surface area contributed by atoms with E-state index < -0.39 is 0 Å². The molecule has 1 N–H and O–H groups in total. The second kappa shape index (κ2) is 8.50. The summed E-state index contributed by atoms with van der Waals surface area (Å²) in [5.41, 5.74) is 7.08. The quantitative estimate of drug-likeness (QED) is 0.352. The maximum atomic E-state index is 5.58. The van der Waals surface area contributed by atoms with E-state index in [1.54, 1.807) is 6.26 Å². The van der Waals surface area contributed by atoms with Crippen molar-refractivity contribution < 1.29 is 4.42 Å². The highest BCUT2D eigenvalue weighted by molar-refractivity contribution is 5.85. The van der Waals surface area contributed by atoms with E-state index >= 15 is 0 Å². The lowest BCUT2D eigenvalue weighted by Crippen LogP contribution is -2.09. The van der Waals surface area contributed by atoms with Crippen LogP contribution >= 0.6 is 0 Å². The molecule has 1 aromatic carbocycles. The maximum Gasteiger partial charge on any atom is 0.134 e. The minimum absolute atomic E-state index is 0.0134. The highest BCUT2D eigenvalue weighted by atomic mass is 16.3. The van der Waals surface area contributed by atoms with Crippen LogP contribution in [0.2, 0.25) is 0 Å². The lowest BCUT2D eigenvalue weighted by molar-refractivity contribution is 0.613. The molecule has 1 atom stereocenters. The first-order valence-corrected chi connectivity index (χ1v) is 11.1. The van der Waals surface area contributed by atoms with E-state index in [9.17, 15) is 0 Å². The summed E-state index contributed by atoms with van der Waals surface area (Å²) in [6.07, 6.45) is 9.45. The first-order chi connectivity index (χ1) is 16.0. The number of anilines is 1. The van der Waals surface area contributed by atoms with Gasteiger partial charge in [0.15, 0.2) is 0 Å². The summed E-state index contributed by atoms with van der Waals surface area (Å²) in [6, 6.07) is 10.3. The van der Waals surface area contributed by atoms with Gasteiger partial charge in [-0.1, -0.05) is 0 Å². The lowest BCUT2D eigenvalue weighted by atomic mass is 10.1. The Morgan fingerprint density at radius 3 is 2.70 bits per heavy atom. The Kier molecular flexibility index (Phi) is 5.38. The summed E-state index contributed by atoms with van der Waals surface area (Å²) >= 11 is 0. The van der Waals surface area contributed by atoms with Gasteiger partial charge >= 0.3 is 0 Å². The van der Waals surface area contributed by atoms with Crippen molar-refractivity contribution in [2.45, 2.75) is 40.3 Å². The van der Waals surface area contributed by atoms with Gasteiger partial charge in [0, 0.05) is 53.3 Å². The van der Waals surface area contributed by atoms with Crippen LogP contribution in [0.15, 0.2) is 65.8 Å². The number of nitrogens with zero attached hydrogens (tertiary/aromatic N) is 5. The Morgan fingerprint density at radius 2 is 1.88 bits per heavy atom. The van der Waals surface area contributed by atoms with Gasteiger partial charge in [0.05, 0.1) is 24.2 Å². The highest BCUT2D eigenvalue weighted by Crippen LogP contribution is 2.29. The predicted octanol–water partition coefficient (Wildman–Crippen LogP) is 5.96. The van der Waals surface area contributed by atoms with Crippen molar-refractivity contribution in [3.8, 4) is 22.4 Å². The van der Waals surface area contributed by atoms with Gasteiger partial charge in [0.1, 0.15) is 17.2 Å². The second-order valence-corrected chi connectivity index (χ2v) is 8.27. The molecule has 0 saturated carbocycles. The van der Waals surface area contributed by atoms with E-state index in [0.717, 1.165) is 56.8 Å². The first-order valence-electron chi connectivity index (χ1n) is 11.1. The van der Waals surface area contributed by atoms with Crippen LogP contribution in [0, 0.1) is 13.8 Å². The first kappa shape index (κ1) is 20.9. The minimum atomic E-state index is 0.0134. The Balaban J connectivity index is 1.41. The molecule has 0 saturated heterocycles. The minimum Gasteiger partial charge on any atom is -0.464 e. The molecule has 0 fully saturated rings. The number of hydrogen-bond donors (Lipinski definition) is 1. The molecule has 5 aromatic rings. The number of aromatic nitrogens is 5. The van der Waals surface area contributed by atoms with Crippen LogP contribution in [-0.2, 0) is 6.54 Å². The fourth-order valence-electron chi connectivity index (χ4n) is 3.95. The molecule has 0 radical (unpaired) electrons. The Morgan fingerprint density at radius 1 is 1.00 bits per heavy atom. The standard InChI is InChI=1S/C26H26N6O/c1-5-32-14-22(13-28-32)21-8-20(11-27-12-21)17(3)29-26-10-24(30-18(4)31-26)19-6-7-25-23(9-19)16(2)15-33-25/h6-15,17H,5H2,1-4H3,(H,29,30,31)/t17-/m0/s1. The molecule has 7 nitrogen and oxygen atoms in total. The summed E-state index contributed by atoms with van der Waals surface area (Å²) in [5.74, 6) is 1.49. The van der Waals surface area contributed by atoms with Gasteiger partial charge < -0.3 is 9.73 Å². The molecule has 0 unspecified atom stereocenters. The number of benzene rings is 1. The predicted molar refractivity (Wildman–Crippen MR) is 130 cm³/mol. The van der Waals surface area contributed by atoms with Crippen molar-refractivity contribution in [3.05, 3.63) is 78.3 Å². The molecule has 0 amide bonds. The molecule has 7 heteroatoms. The lowest BCUT2D eigenvalue weighted by Gasteiger charge is -2.16. The van der Waals surface area contributed by atoms with E-state index in [4.69, 9.17) is 4.42 Å². The van der Waals surface area contributed by atoms with Gasteiger partial charge in [-0.3, -0.25) is 9.67 Å². The number of furan rings is 1. The average Bonchev–Trinajstić information content (AvgIpc) is 3.45. The molecule has 4 heterocycles. The van der Waals surface area contributed by atoms with Gasteiger partial charge in [-0.05, 0) is 63.1 Å². The van der Waals surface area contributed by atoms with Gasteiger partial charge in [-0.15, -0.1) is 0 Å². The van der Waals surface area contributed by atoms with E-state index in [0.29, 0.717) is 5.82 Å². The Hall–Kier alpha value is -4.00. The molecule has 33 heavy (non-hydrogen) atoms. The van der Waals surface area contributed by atoms with Gasteiger partial charge in [-0.2, -0.15) is 5.10 Å². The SMILES string of the molecule is CCn1cc(-c2cncc([C@H](C)Nc3cc(-c4ccc5occ(C)c5c4)nc(C)n3)c2)cn1. The molecular weight excluding hydrogens is 412 g/mol. The third kappa shape index (κ3) is 4.22. The number of rotatable bonds is 6. The molecule has 0 spiro atoms. The third-order valence-electron chi connectivity index (χ3n) is 5.82.